The minimum Gasteiger partial charge on any atom is -0.493 e. The molecule has 0 aliphatic heterocycles. The Bertz CT molecular complexity index is 386. The van der Waals surface area contributed by atoms with Gasteiger partial charge in [-0.1, -0.05) is 0 Å². The molecule has 3 nitrogen and oxygen atoms in total. The van der Waals surface area contributed by atoms with Crippen LogP contribution >= 0.6 is 0 Å². The fourth-order valence-electron chi connectivity index (χ4n) is 1.69. The second-order valence-corrected chi connectivity index (χ2v) is 4.55. The van der Waals surface area contributed by atoms with E-state index in [0.29, 0.717) is 5.56 Å². The Morgan fingerprint density at radius 1 is 1.12 bits per heavy atom. The molecule has 0 heterocycles. The second-order valence-electron chi connectivity index (χ2n) is 4.55. The number of methoxy groups -OCH3 is 2. The van der Waals surface area contributed by atoms with Crippen LogP contribution in [-0.4, -0.2) is 19.8 Å². The van der Waals surface area contributed by atoms with Crippen molar-refractivity contribution in [3.63, 3.8) is 0 Å². The molecule has 0 bridgehead atoms. The van der Waals surface area contributed by atoms with E-state index in [1.807, 2.05) is 0 Å². The van der Waals surface area contributed by atoms with Gasteiger partial charge in [0.15, 0.2) is 23.1 Å². The molecule has 0 fully saturated rings. The van der Waals surface area contributed by atoms with Crippen LogP contribution < -0.4 is 15.2 Å². The van der Waals surface area contributed by atoms with Gasteiger partial charge in [-0.05, 0) is 20.3 Å². The van der Waals surface area contributed by atoms with Crippen molar-refractivity contribution in [2.45, 2.75) is 25.8 Å². The predicted octanol–water partition coefficient (Wildman–Crippen LogP) is 2.26. The van der Waals surface area contributed by atoms with Gasteiger partial charge >= 0.3 is 0 Å². The van der Waals surface area contributed by atoms with Crippen LogP contribution in [0.3, 0.4) is 0 Å². The Morgan fingerprint density at radius 3 is 1.82 bits per heavy atom. The lowest BCUT2D eigenvalue weighted by atomic mass is 9.94. The summed E-state index contributed by atoms with van der Waals surface area (Å²) in [5, 5.41) is 0. The van der Waals surface area contributed by atoms with Gasteiger partial charge in [0, 0.05) is 17.2 Å². The molecule has 0 aliphatic carbocycles. The lowest BCUT2D eigenvalue weighted by Crippen LogP contribution is -2.34. The summed E-state index contributed by atoms with van der Waals surface area (Å²) in [6.45, 7) is 3.52. The van der Waals surface area contributed by atoms with Gasteiger partial charge in [-0.2, -0.15) is 0 Å². The summed E-state index contributed by atoms with van der Waals surface area (Å²) in [5.41, 5.74) is 5.54. The van der Waals surface area contributed by atoms with Gasteiger partial charge in [-0.3, -0.25) is 0 Å². The average molecular weight is 245 g/mol. The van der Waals surface area contributed by atoms with Crippen LogP contribution in [0.2, 0.25) is 0 Å². The van der Waals surface area contributed by atoms with E-state index in [9.17, 15) is 8.78 Å². The molecule has 0 unspecified atom stereocenters. The van der Waals surface area contributed by atoms with Crippen LogP contribution in [0.1, 0.15) is 19.4 Å². The first kappa shape index (κ1) is 13.7. The van der Waals surface area contributed by atoms with Gasteiger partial charge in [-0.15, -0.1) is 0 Å². The normalized spacial score (nSPS) is 11.5. The van der Waals surface area contributed by atoms with E-state index in [1.165, 1.54) is 14.2 Å². The van der Waals surface area contributed by atoms with Gasteiger partial charge in [0.05, 0.1) is 14.2 Å². The zero-order valence-electron chi connectivity index (χ0n) is 10.4. The Balaban J connectivity index is 3.40. The topological polar surface area (TPSA) is 44.5 Å². The zero-order chi connectivity index (χ0) is 13.2. The highest BCUT2D eigenvalue weighted by Gasteiger charge is 2.24. The maximum Gasteiger partial charge on any atom is 0.168 e. The summed E-state index contributed by atoms with van der Waals surface area (Å²) in [5.74, 6) is -1.57. The van der Waals surface area contributed by atoms with Crippen LogP contribution in [0, 0.1) is 11.6 Å². The molecule has 0 saturated heterocycles. The molecule has 1 aromatic carbocycles. The van der Waals surface area contributed by atoms with Crippen molar-refractivity contribution in [1.82, 2.24) is 0 Å². The molecule has 2 N–H and O–H groups in total. The molecular formula is C12H17F2NO2. The monoisotopic (exact) mass is 245 g/mol. The molecule has 96 valence electrons. The highest BCUT2D eigenvalue weighted by atomic mass is 19.1. The molecule has 1 aromatic rings. The highest BCUT2D eigenvalue weighted by Crippen LogP contribution is 2.35. The van der Waals surface area contributed by atoms with Crippen molar-refractivity contribution >= 4 is 0 Å². The SMILES string of the molecule is COc1c(F)cc(F)c(OC)c1CC(C)(C)N. The molecule has 0 radical (unpaired) electrons. The predicted molar refractivity (Wildman–Crippen MR) is 61.4 cm³/mol. The number of hydrogen-bond acceptors (Lipinski definition) is 3. The summed E-state index contributed by atoms with van der Waals surface area (Å²) in [7, 11) is 2.64. The van der Waals surface area contributed by atoms with Crippen LogP contribution in [-0.2, 0) is 6.42 Å². The molecule has 17 heavy (non-hydrogen) atoms. The molecule has 0 aliphatic rings. The van der Waals surface area contributed by atoms with Crippen LogP contribution in [0.25, 0.3) is 0 Å². The molecule has 5 heteroatoms. The Morgan fingerprint density at radius 2 is 1.53 bits per heavy atom. The van der Waals surface area contributed by atoms with Crippen molar-refractivity contribution in [3.8, 4) is 11.5 Å². The minimum atomic E-state index is -0.759. The number of hydrogen-bond donors (Lipinski definition) is 1. The molecular weight excluding hydrogens is 228 g/mol. The van der Waals surface area contributed by atoms with Crippen molar-refractivity contribution in [1.29, 1.82) is 0 Å². The van der Waals surface area contributed by atoms with Crippen LogP contribution in [0.4, 0.5) is 8.78 Å². The van der Waals surface area contributed by atoms with E-state index in [-0.39, 0.29) is 17.9 Å². The standard InChI is InChI=1S/C12H17F2NO2/c1-12(2,15)6-7-10(16-3)8(13)5-9(14)11(7)17-4/h5H,6,15H2,1-4H3. The van der Waals surface area contributed by atoms with Crippen molar-refractivity contribution < 1.29 is 18.3 Å². The van der Waals surface area contributed by atoms with Gasteiger partial charge < -0.3 is 15.2 Å². The summed E-state index contributed by atoms with van der Waals surface area (Å²) < 4.78 is 37.0. The van der Waals surface area contributed by atoms with Crippen molar-refractivity contribution in [2.75, 3.05) is 14.2 Å². The van der Waals surface area contributed by atoms with Gasteiger partial charge in [-0.25, -0.2) is 8.78 Å². The summed E-state index contributed by atoms with van der Waals surface area (Å²) in [4.78, 5) is 0. The Hall–Kier alpha value is -1.36. The van der Waals surface area contributed by atoms with E-state index in [2.05, 4.69) is 0 Å². The summed E-state index contributed by atoms with van der Waals surface area (Å²) in [6, 6.07) is 0.741. The largest absolute Gasteiger partial charge is 0.493 e. The van der Waals surface area contributed by atoms with E-state index < -0.39 is 17.2 Å². The Kier molecular flexibility index (Phi) is 3.93. The second kappa shape index (κ2) is 4.87. The first-order valence-electron chi connectivity index (χ1n) is 5.18. The van der Waals surface area contributed by atoms with Crippen molar-refractivity contribution in [3.05, 3.63) is 23.3 Å². The van der Waals surface area contributed by atoms with Crippen molar-refractivity contribution in [2.24, 2.45) is 5.73 Å². The van der Waals surface area contributed by atoms with E-state index in [0.717, 1.165) is 6.07 Å². The van der Waals surface area contributed by atoms with Gasteiger partial charge in [0.2, 0.25) is 0 Å². The first-order valence-corrected chi connectivity index (χ1v) is 5.18. The molecule has 0 aromatic heterocycles. The highest BCUT2D eigenvalue weighted by molar-refractivity contribution is 5.47. The van der Waals surface area contributed by atoms with E-state index in [4.69, 9.17) is 15.2 Å². The third-order valence-electron chi connectivity index (χ3n) is 2.28. The lowest BCUT2D eigenvalue weighted by Gasteiger charge is -2.22. The number of ether oxygens (including phenoxy) is 2. The quantitative estimate of drug-likeness (QED) is 0.885. The fourth-order valence-corrected chi connectivity index (χ4v) is 1.69. The third-order valence-corrected chi connectivity index (χ3v) is 2.28. The number of halogens is 2. The smallest absolute Gasteiger partial charge is 0.168 e. The van der Waals surface area contributed by atoms with Crippen LogP contribution in [0.5, 0.6) is 11.5 Å². The molecule has 0 spiro atoms. The zero-order valence-corrected chi connectivity index (χ0v) is 10.4. The minimum absolute atomic E-state index is 0.0261. The summed E-state index contributed by atoms with van der Waals surface area (Å²) in [6.07, 6.45) is 0.244. The van der Waals surface area contributed by atoms with Crippen LogP contribution in [0.15, 0.2) is 6.07 Å². The molecule has 0 saturated carbocycles. The van der Waals surface area contributed by atoms with Gasteiger partial charge in [0.25, 0.3) is 0 Å². The summed E-state index contributed by atoms with van der Waals surface area (Å²) >= 11 is 0. The number of rotatable bonds is 4. The van der Waals surface area contributed by atoms with E-state index >= 15 is 0 Å². The lowest BCUT2D eigenvalue weighted by molar-refractivity contribution is 0.342. The first-order chi connectivity index (χ1) is 7.80. The number of benzene rings is 1. The number of nitrogens with two attached hydrogens (primary N) is 1. The third kappa shape index (κ3) is 3.06. The van der Waals surface area contributed by atoms with E-state index in [1.54, 1.807) is 13.8 Å². The maximum absolute atomic E-state index is 13.5. The van der Waals surface area contributed by atoms with Gasteiger partial charge in [0.1, 0.15) is 0 Å². The maximum atomic E-state index is 13.5. The Labute approximate surface area is 99.5 Å². The average Bonchev–Trinajstić information content (AvgIpc) is 2.15. The fraction of sp³-hybridized carbons (Fsp3) is 0.500. The molecule has 1 rings (SSSR count). The molecule has 0 atom stereocenters. The molecule has 0 amide bonds.